The molecule has 110 valence electrons. The third-order valence-electron chi connectivity index (χ3n) is 3.60. The summed E-state index contributed by atoms with van der Waals surface area (Å²) in [6.07, 6.45) is 2.35. The van der Waals surface area contributed by atoms with Crippen molar-refractivity contribution in [3.63, 3.8) is 0 Å². The van der Waals surface area contributed by atoms with Gasteiger partial charge in [-0.05, 0) is 37.8 Å². The lowest BCUT2D eigenvalue weighted by Gasteiger charge is -2.27. The van der Waals surface area contributed by atoms with E-state index >= 15 is 0 Å². The third kappa shape index (κ3) is 3.21. The van der Waals surface area contributed by atoms with Gasteiger partial charge in [0.1, 0.15) is 6.54 Å². The first-order chi connectivity index (χ1) is 10.1. The molecule has 0 atom stereocenters. The van der Waals surface area contributed by atoms with Crippen molar-refractivity contribution >= 4 is 23.3 Å². The van der Waals surface area contributed by atoms with Gasteiger partial charge in [0.2, 0.25) is 5.84 Å². The second-order valence-electron chi connectivity index (χ2n) is 5.49. The van der Waals surface area contributed by atoms with Crippen LogP contribution < -0.4 is 15.8 Å². The zero-order chi connectivity index (χ0) is 14.8. The molecule has 6 nitrogen and oxygen atoms in total. The number of rotatable bonds is 4. The number of aryl methyl sites for hydroxylation is 1. The first kappa shape index (κ1) is 13.6. The molecule has 0 aromatic heterocycles. The largest absolute Gasteiger partial charge is 0.349 e. The highest BCUT2D eigenvalue weighted by molar-refractivity contribution is 6.39. The normalized spacial score (nSPS) is 18.0. The van der Waals surface area contributed by atoms with Crippen LogP contribution in [0.5, 0.6) is 0 Å². The van der Waals surface area contributed by atoms with Gasteiger partial charge >= 0.3 is 0 Å². The molecule has 1 aromatic carbocycles. The maximum absolute atomic E-state index is 12.0. The summed E-state index contributed by atoms with van der Waals surface area (Å²) in [4.78, 5) is 28.0. The van der Waals surface area contributed by atoms with Gasteiger partial charge in [0.25, 0.3) is 11.8 Å². The Hall–Kier alpha value is -2.37. The smallest absolute Gasteiger partial charge is 0.288 e. The third-order valence-corrected chi connectivity index (χ3v) is 3.60. The van der Waals surface area contributed by atoms with Gasteiger partial charge in [-0.1, -0.05) is 17.7 Å². The van der Waals surface area contributed by atoms with E-state index in [1.807, 2.05) is 31.2 Å². The average Bonchev–Trinajstić information content (AvgIpc) is 3.30. The number of hydrogen-bond acceptors (Lipinski definition) is 4. The van der Waals surface area contributed by atoms with Crippen molar-refractivity contribution in [1.82, 2.24) is 10.7 Å². The van der Waals surface area contributed by atoms with Crippen molar-refractivity contribution < 1.29 is 9.59 Å². The highest BCUT2D eigenvalue weighted by Crippen LogP contribution is 2.27. The fraction of sp³-hybridized carbons (Fsp3) is 0.400. The van der Waals surface area contributed by atoms with E-state index in [-0.39, 0.29) is 24.2 Å². The van der Waals surface area contributed by atoms with Crippen LogP contribution >= 0.6 is 0 Å². The molecule has 0 saturated heterocycles. The fourth-order valence-electron chi connectivity index (χ4n) is 2.09. The van der Waals surface area contributed by atoms with E-state index in [9.17, 15) is 9.59 Å². The van der Waals surface area contributed by atoms with Crippen LogP contribution in [0.25, 0.3) is 0 Å². The quantitative estimate of drug-likeness (QED) is 0.858. The summed E-state index contributed by atoms with van der Waals surface area (Å²) in [5, 5.41) is 4.21. The summed E-state index contributed by atoms with van der Waals surface area (Å²) < 4.78 is 0. The molecule has 0 spiro atoms. The zero-order valence-electron chi connectivity index (χ0n) is 11.9. The molecule has 3 rings (SSSR count). The van der Waals surface area contributed by atoms with Crippen molar-refractivity contribution in [2.45, 2.75) is 19.8 Å². The van der Waals surface area contributed by atoms with Crippen LogP contribution in [0, 0.1) is 12.8 Å². The lowest BCUT2D eigenvalue weighted by atomic mass is 10.2. The van der Waals surface area contributed by atoms with E-state index in [1.54, 1.807) is 0 Å². The van der Waals surface area contributed by atoms with Crippen LogP contribution in [-0.4, -0.2) is 30.7 Å². The number of benzene rings is 1. The molecule has 1 aromatic rings. The fourth-order valence-corrected chi connectivity index (χ4v) is 2.09. The SMILES string of the molecule is Cc1ccc(N2NC(C(=O)NCC3CC3)=NCC2=O)cc1. The van der Waals surface area contributed by atoms with Crippen molar-refractivity contribution in [2.24, 2.45) is 10.9 Å². The lowest BCUT2D eigenvalue weighted by molar-refractivity contribution is -0.118. The molecule has 1 saturated carbocycles. The summed E-state index contributed by atoms with van der Waals surface area (Å²) >= 11 is 0. The second-order valence-corrected chi connectivity index (χ2v) is 5.49. The van der Waals surface area contributed by atoms with E-state index in [4.69, 9.17) is 0 Å². The number of carbonyl (C=O) groups is 2. The topological polar surface area (TPSA) is 73.8 Å². The monoisotopic (exact) mass is 286 g/mol. The standard InChI is InChI=1S/C15H18N4O2/c1-10-2-6-12(7-3-10)19-13(20)9-16-14(18-19)15(21)17-8-11-4-5-11/h2-3,6-7,11H,4-5,8-9H2,1H3,(H,16,18)(H,17,21). The molecule has 1 fully saturated rings. The number of nitrogens with one attached hydrogen (secondary N) is 2. The number of nitrogens with zero attached hydrogens (tertiary/aromatic N) is 2. The number of amidine groups is 1. The number of amides is 2. The summed E-state index contributed by atoms with van der Waals surface area (Å²) in [5.41, 5.74) is 4.62. The average molecular weight is 286 g/mol. The summed E-state index contributed by atoms with van der Waals surface area (Å²) in [6, 6.07) is 7.52. The Morgan fingerprint density at radius 2 is 2.10 bits per heavy atom. The molecule has 2 N–H and O–H groups in total. The van der Waals surface area contributed by atoms with Crippen molar-refractivity contribution in [1.29, 1.82) is 0 Å². The molecular formula is C15H18N4O2. The maximum Gasteiger partial charge on any atom is 0.288 e. The summed E-state index contributed by atoms with van der Waals surface area (Å²) in [6.45, 7) is 2.64. The van der Waals surface area contributed by atoms with Crippen molar-refractivity contribution in [3.05, 3.63) is 29.8 Å². The molecule has 0 bridgehead atoms. The lowest BCUT2D eigenvalue weighted by Crippen LogP contribution is -2.55. The Balaban J connectivity index is 1.68. The van der Waals surface area contributed by atoms with Gasteiger partial charge < -0.3 is 5.32 Å². The molecule has 2 aliphatic rings. The Labute approximate surface area is 123 Å². The minimum atomic E-state index is -0.258. The van der Waals surface area contributed by atoms with Gasteiger partial charge in [0.05, 0.1) is 5.69 Å². The molecule has 6 heteroatoms. The van der Waals surface area contributed by atoms with Crippen molar-refractivity contribution in [2.75, 3.05) is 18.1 Å². The highest BCUT2D eigenvalue weighted by atomic mass is 16.2. The van der Waals surface area contributed by atoms with Crippen molar-refractivity contribution in [3.8, 4) is 0 Å². The van der Waals surface area contributed by atoms with E-state index in [2.05, 4.69) is 15.7 Å². The highest BCUT2D eigenvalue weighted by Gasteiger charge is 2.27. The minimum absolute atomic E-state index is 0.0208. The first-order valence-corrected chi connectivity index (χ1v) is 7.12. The van der Waals surface area contributed by atoms with Crippen LogP contribution in [0.3, 0.4) is 0 Å². The molecule has 21 heavy (non-hydrogen) atoms. The predicted octanol–water partition coefficient (Wildman–Crippen LogP) is 0.771. The molecule has 0 unspecified atom stereocenters. The number of carbonyl (C=O) groups excluding carboxylic acids is 2. The van der Waals surface area contributed by atoms with Crippen LogP contribution in [0.4, 0.5) is 5.69 Å². The maximum atomic E-state index is 12.0. The molecular weight excluding hydrogens is 268 g/mol. The van der Waals surface area contributed by atoms with Gasteiger partial charge in [-0.2, -0.15) is 0 Å². The first-order valence-electron chi connectivity index (χ1n) is 7.12. The van der Waals surface area contributed by atoms with Crippen LogP contribution in [0.2, 0.25) is 0 Å². The molecule has 1 aliphatic carbocycles. The van der Waals surface area contributed by atoms with E-state index in [1.165, 1.54) is 17.9 Å². The molecule has 1 heterocycles. The van der Waals surface area contributed by atoms with Crippen LogP contribution in [-0.2, 0) is 9.59 Å². The molecule has 2 amide bonds. The predicted molar refractivity (Wildman–Crippen MR) is 79.8 cm³/mol. The number of hydrogen-bond donors (Lipinski definition) is 2. The number of aliphatic imine (C=N–C) groups is 1. The Morgan fingerprint density at radius 3 is 2.76 bits per heavy atom. The van der Waals surface area contributed by atoms with Gasteiger partial charge in [-0.15, -0.1) is 0 Å². The Bertz CT molecular complexity index is 590. The Kier molecular flexibility index (Phi) is 3.60. The van der Waals surface area contributed by atoms with E-state index in [0.717, 1.165) is 5.56 Å². The number of hydrazine groups is 1. The van der Waals surface area contributed by atoms with Gasteiger partial charge in [-0.25, -0.2) is 5.01 Å². The molecule has 1 aliphatic heterocycles. The van der Waals surface area contributed by atoms with E-state index < -0.39 is 0 Å². The molecule has 0 radical (unpaired) electrons. The van der Waals surface area contributed by atoms with Crippen LogP contribution in [0.15, 0.2) is 29.3 Å². The zero-order valence-corrected chi connectivity index (χ0v) is 11.9. The van der Waals surface area contributed by atoms with E-state index in [0.29, 0.717) is 18.2 Å². The number of anilines is 1. The summed E-state index contributed by atoms with van der Waals surface area (Å²) in [7, 11) is 0. The Morgan fingerprint density at radius 1 is 1.38 bits per heavy atom. The van der Waals surface area contributed by atoms with Crippen LogP contribution in [0.1, 0.15) is 18.4 Å². The van der Waals surface area contributed by atoms with Gasteiger partial charge in [0.15, 0.2) is 0 Å². The summed E-state index contributed by atoms with van der Waals surface area (Å²) in [5.74, 6) is 0.355. The van der Waals surface area contributed by atoms with Gasteiger partial charge in [-0.3, -0.25) is 20.0 Å². The second kappa shape index (κ2) is 5.55. The minimum Gasteiger partial charge on any atom is -0.349 e. The van der Waals surface area contributed by atoms with Gasteiger partial charge in [0, 0.05) is 6.54 Å².